The summed E-state index contributed by atoms with van der Waals surface area (Å²) < 4.78 is 0. The van der Waals surface area contributed by atoms with Crippen LogP contribution in [0, 0.1) is 13.8 Å². The molecule has 0 aliphatic heterocycles. The van der Waals surface area contributed by atoms with Gasteiger partial charge in [0.25, 0.3) is 0 Å². The van der Waals surface area contributed by atoms with Crippen LogP contribution in [0.4, 0.5) is 5.95 Å². The monoisotopic (exact) mass is 241 g/mol. The number of aromatic nitrogens is 4. The summed E-state index contributed by atoms with van der Waals surface area (Å²) in [5.74, 6) is 1.14. The maximum Gasteiger partial charge on any atom is 0.216 e. The molecule has 5 nitrogen and oxygen atoms in total. The van der Waals surface area contributed by atoms with Crippen LogP contribution in [0.5, 0.6) is 0 Å². The van der Waals surface area contributed by atoms with Crippen LogP contribution in [0.2, 0.25) is 0 Å². The summed E-state index contributed by atoms with van der Waals surface area (Å²) >= 11 is 3.24. The van der Waals surface area contributed by atoms with Crippen LogP contribution >= 0.6 is 23.1 Å². The second kappa shape index (κ2) is 4.19. The number of H-pyrrole nitrogens is 1. The fourth-order valence-corrected chi connectivity index (χ4v) is 2.78. The molecule has 80 valence electrons. The van der Waals surface area contributed by atoms with Crippen LogP contribution in [0.25, 0.3) is 0 Å². The zero-order valence-corrected chi connectivity index (χ0v) is 10.1. The molecule has 2 aromatic rings. The first-order valence-corrected chi connectivity index (χ1v) is 6.19. The van der Waals surface area contributed by atoms with Crippen molar-refractivity contribution in [1.29, 1.82) is 0 Å². The molecular weight excluding hydrogens is 230 g/mol. The standard InChI is InChI=1S/C8H11N5S2/c1-4-5(2)15-6(10-4)3-14-8-11-7(9)12-13-8/h3H2,1-2H3,(H3,9,11,12,13). The summed E-state index contributed by atoms with van der Waals surface area (Å²) in [6.45, 7) is 4.09. The average molecular weight is 241 g/mol. The molecule has 0 aliphatic rings. The number of thioether (sulfide) groups is 1. The van der Waals surface area contributed by atoms with E-state index in [1.54, 1.807) is 11.3 Å². The second-order valence-corrected chi connectivity index (χ2v) is 5.27. The van der Waals surface area contributed by atoms with Crippen molar-refractivity contribution in [3.63, 3.8) is 0 Å². The van der Waals surface area contributed by atoms with E-state index in [0.29, 0.717) is 11.1 Å². The zero-order valence-electron chi connectivity index (χ0n) is 8.44. The number of thiazole rings is 1. The normalized spacial score (nSPS) is 10.8. The molecule has 0 atom stereocenters. The number of hydrogen-bond acceptors (Lipinski definition) is 6. The van der Waals surface area contributed by atoms with Crippen LogP contribution < -0.4 is 5.73 Å². The zero-order chi connectivity index (χ0) is 10.8. The smallest absolute Gasteiger partial charge is 0.216 e. The largest absolute Gasteiger partial charge is 0.368 e. The Morgan fingerprint density at radius 1 is 1.40 bits per heavy atom. The van der Waals surface area contributed by atoms with Crippen molar-refractivity contribution >= 4 is 29.0 Å². The number of nitrogens with one attached hydrogen (secondary N) is 1. The summed E-state index contributed by atoms with van der Waals surface area (Å²) in [5.41, 5.74) is 6.52. The van der Waals surface area contributed by atoms with Gasteiger partial charge in [0.05, 0.1) is 11.4 Å². The van der Waals surface area contributed by atoms with Gasteiger partial charge in [-0.25, -0.2) is 10.1 Å². The van der Waals surface area contributed by atoms with E-state index in [1.807, 2.05) is 6.92 Å². The van der Waals surface area contributed by atoms with Gasteiger partial charge >= 0.3 is 0 Å². The molecule has 0 saturated heterocycles. The molecule has 0 saturated carbocycles. The van der Waals surface area contributed by atoms with Gasteiger partial charge in [0.15, 0.2) is 0 Å². The van der Waals surface area contributed by atoms with E-state index in [1.165, 1.54) is 16.6 Å². The topological polar surface area (TPSA) is 80.5 Å². The van der Waals surface area contributed by atoms with Crippen LogP contribution in [-0.2, 0) is 5.75 Å². The van der Waals surface area contributed by atoms with Crippen molar-refractivity contribution in [3.05, 3.63) is 15.6 Å². The lowest BCUT2D eigenvalue weighted by Crippen LogP contribution is -1.85. The summed E-state index contributed by atoms with van der Waals surface area (Å²) in [7, 11) is 0. The summed E-state index contributed by atoms with van der Waals surface area (Å²) in [5, 5.41) is 8.30. The third kappa shape index (κ3) is 2.48. The SMILES string of the molecule is Cc1nc(CSc2n[nH]c(N)n2)sc1C. The highest BCUT2D eigenvalue weighted by atomic mass is 32.2. The van der Waals surface area contributed by atoms with Gasteiger partial charge in [0, 0.05) is 4.88 Å². The molecule has 0 bridgehead atoms. The summed E-state index contributed by atoms with van der Waals surface area (Å²) in [4.78, 5) is 9.70. The first kappa shape index (κ1) is 10.4. The molecular formula is C8H11N5S2. The number of aromatic amines is 1. The number of nitrogen functional groups attached to an aromatic ring is 1. The first-order chi connectivity index (χ1) is 7.15. The van der Waals surface area contributed by atoms with Gasteiger partial charge in [-0.2, -0.15) is 4.98 Å². The Labute approximate surface area is 95.5 Å². The van der Waals surface area contributed by atoms with Gasteiger partial charge < -0.3 is 5.73 Å². The maximum absolute atomic E-state index is 5.42. The van der Waals surface area contributed by atoms with Crippen molar-refractivity contribution in [3.8, 4) is 0 Å². The van der Waals surface area contributed by atoms with E-state index in [4.69, 9.17) is 5.73 Å². The van der Waals surface area contributed by atoms with Gasteiger partial charge in [-0.1, -0.05) is 11.8 Å². The molecule has 0 fully saturated rings. The van der Waals surface area contributed by atoms with Gasteiger partial charge in [-0.15, -0.1) is 16.4 Å². The fraction of sp³-hybridized carbons (Fsp3) is 0.375. The molecule has 3 N–H and O–H groups in total. The lowest BCUT2D eigenvalue weighted by Gasteiger charge is -1.90. The molecule has 7 heteroatoms. The Kier molecular flexibility index (Phi) is 2.92. The number of hydrogen-bond donors (Lipinski definition) is 2. The third-order valence-corrected chi connectivity index (χ3v) is 3.99. The highest BCUT2D eigenvalue weighted by Crippen LogP contribution is 2.24. The quantitative estimate of drug-likeness (QED) is 0.800. The molecule has 15 heavy (non-hydrogen) atoms. The number of anilines is 1. The number of nitrogens with zero attached hydrogens (tertiary/aromatic N) is 3. The molecule has 0 aromatic carbocycles. The van der Waals surface area contributed by atoms with Gasteiger partial charge in [0.2, 0.25) is 11.1 Å². The average Bonchev–Trinajstić information content (AvgIpc) is 2.72. The van der Waals surface area contributed by atoms with Crippen molar-refractivity contribution in [1.82, 2.24) is 20.2 Å². The van der Waals surface area contributed by atoms with Gasteiger partial charge in [0.1, 0.15) is 5.01 Å². The van der Waals surface area contributed by atoms with Crippen LogP contribution in [0.15, 0.2) is 5.16 Å². The minimum absolute atomic E-state index is 0.351. The Morgan fingerprint density at radius 2 is 2.20 bits per heavy atom. The number of aryl methyl sites for hydroxylation is 2. The Bertz CT molecular complexity index is 442. The van der Waals surface area contributed by atoms with E-state index in [9.17, 15) is 0 Å². The lowest BCUT2D eigenvalue weighted by molar-refractivity contribution is 0.972. The molecule has 0 spiro atoms. The summed E-state index contributed by atoms with van der Waals surface area (Å²) in [6, 6.07) is 0. The molecule has 2 rings (SSSR count). The Balaban J connectivity index is 1.99. The predicted octanol–water partition coefficient (Wildman–Crippen LogP) is 1.75. The highest BCUT2D eigenvalue weighted by Gasteiger charge is 2.06. The minimum Gasteiger partial charge on any atom is -0.368 e. The summed E-state index contributed by atoms with van der Waals surface area (Å²) in [6.07, 6.45) is 0. The van der Waals surface area contributed by atoms with E-state index in [0.717, 1.165) is 16.5 Å². The highest BCUT2D eigenvalue weighted by molar-refractivity contribution is 7.98. The Morgan fingerprint density at radius 3 is 2.73 bits per heavy atom. The second-order valence-electron chi connectivity index (χ2n) is 3.04. The van der Waals surface area contributed by atoms with Crippen molar-refractivity contribution < 1.29 is 0 Å². The van der Waals surface area contributed by atoms with Gasteiger partial charge in [-0.05, 0) is 13.8 Å². The minimum atomic E-state index is 0.351. The molecule has 2 aromatic heterocycles. The van der Waals surface area contributed by atoms with Crippen molar-refractivity contribution in [2.24, 2.45) is 0 Å². The van der Waals surface area contributed by atoms with Crippen molar-refractivity contribution in [2.45, 2.75) is 24.8 Å². The number of nitrogens with two attached hydrogens (primary N) is 1. The van der Waals surface area contributed by atoms with Crippen LogP contribution in [0.1, 0.15) is 15.6 Å². The van der Waals surface area contributed by atoms with E-state index in [-0.39, 0.29) is 0 Å². The van der Waals surface area contributed by atoms with E-state index >= 15 is 0 Å². The predicted molar refractivity (Wildman–Crippen MR) is 61.9 cm³/mol. The molecule has 0 amide bonds. The maximum atomic E-state index is 5.42. The van der Waals surface area contributed by atoms with E-state index < -0.39 is 0 Å². The lowest BCUT2D eigenvalue weighted by atomic mass is 10.4. The molecule has 2 heterocycles. The van der Waals surface area contributed by atoms with Crippen molar-refractivity contribution in [2.75, 3.05) is 5.73 Å². The molecule has 0 radical (unpaired) electrons. The fourth-order valence-electron chi connectivity index (χ4n) is 1.05. The Hall–Kier alpha value is -1.08. The van der Waals surface area contributed by atoms with Gasteiger partial charge in [-0.3, -0.25) is 0 Å². The molecule has 0 aliphatic carbocycles. The molecule has 0 unspecified atom stereocenters. The van der Waals surface area contributed by atoms with Crippen LogP contribution in [0.3, 0.4) is 0 Å². The van der Waals surface area contributed by atoms with Crippen LogP contribution in [-0.4, -0.2) is 20.2 Å². The van der Waals surface area contributed by atoms with E-state index in [2.05, 4.69) is 27.1 Å². The third-order valence-electron chi connectivity index (χ3n) is 1.88. The number of rotatable bonds is 3. The first-order valence-electron chi connectivity index (χ1n) is 4.38.